The van der Waals surface area contributed by atoms with Crippen molar-refractivity contribution in [2.45, 2.75) is 0 Å². The van der Waals surface area contributed by atoms with Crippen LogP contribution in [0.25, 0.3) is 6.08 Å². The lowest BCUT2D eigenvalue weighted by atomic mass is 10.2. The Labute approximate surface area is 192 Å². The van der Waals surface area contributed by atoms with Crippen LogP contribution in [0.2, 0.25) is 15.1 Å². The molecule has 1 aliphatic heterocycles. The second-order valence-electron chi connectivity index (χ2n) is 6.40. The van der Waals surface area contributed by atoms with E-state index in [-0.39, 0.29) is 17.2 Å². The average Bonchev–Trinajstić information content (AvgIpc) is 3.12. The number of rotatable bonds is 4. The summed E-state index contributed by atoms with van der Waals surface area (Å²) < 4.78 is 10.6. The molecule has 8 heteroatoms. The molecule has 0 amide bonds. The SMILES string of the molecule is O=C1OC(c2ccc(Cl)c(Cl)c2)=N/C1=C\c1ccc(OC(=O)c2ccccc2Cl)cc1. The smallest absolute Gasteiger partial charge is 0.363 e. The molecule has 0 fully saturated rings. The molecule has 4 rings (SSSR count). The topological polar surface area (TPSA) is 65.0 Å². The highest BCUT2D eigenvalue weighted by Crippen LogP contribution is 2.26. The summed E-state index contributed by atoms with van der Waals surface area (Å²) in [5.74, 6) is -0.677. The van der Waals surface area contributed by atoms with E-state index in [1.807, 2.05) is 0 Å². The van der Waals surface area contributed by atoms with Crippen LogP contribution in [0, 0.1) is 0 Å². The average molecular weight is 473 g/mol. The Morgan fingerprint density at radius 3 is 2.35 bits per heavy atom. The highest BCUT2D eigenvalue weighted by Gasteiger charge is 2.24. The highest BCUT2D eigenvalue weighted by atomic mass is 35.5. The number of esters is 2. The van der Waals surface area contributed by atoms with Gasteiger partial charge >= 0.3 is 11.9 Å². The predicted molar refractivity (Wildman–Crippen MR) is 120 cm³/mol. The first-order chi connectivity index (χ1) is 14.9. The molecule has 5 nitrogen and oxygen atoms in total. The molecule has 0 unspecified atom stereocenters. The number of cyclic esters (lactones) is 1. The maximum absolute atomic E-state index is 12.2. The summed E-state index contributed by atoms with van der Waals surface area (Å²) >= 11 is 17.9. The monoisotopic (exact) mass is 471 g/mol. The Kier molecular flexibility index (Phi) is 6.09. The van der Waals surface area contributed by atoms with Gasteiger partial charge in [-0.25, -0.2) is 14.6 Å². The van der Waals surface area contributed by atoms with Gasteiger partial charge in [-0.05, 0) is 54.1 Å². The van der Waals surface area contributed by atoms with Gasteiger partial charge < -0.3 is 9.47 Å². The molecule has 31 heavy (non-hydrogen) atoms. The molecular formula is C23H12Cl3NO4. The van der Waals surface area contributed by atoms with Crippen molar-refractivity contribution in [1.82, 2.24) is 0 Å². The lowest BCUT2D eigenvalue weighted by Gasteiger charge is -2.06. The van der Waals surface area contributed by atoms with Crippen LogP contribution in [0.3, 0.4) is 0 Å². The molecule has 0 saturated carbocycles. The molecule has 3 aromatic rings. The lowest BCUT2D eigenvalue weighted by molar-refractivity contribution is -0.129. The van der Waals surface area contributed by atoms with Gasteiger partial charge in [0.05, 0.1) is 20.6 Å². The molecule has 1 heterocycles. The number of carbonyl (C=O) groups excluding carboxylic acids is 2. The maximum atomic E-state index is 12.2. The molecule has 154 valence electrons. The molecule has 0 bridgehead atoms. The van der Waals surface area contributed by atoms with Gasteiger partial charge in [0.25, 0.3) is 0 Å². The van der Waals surface area contributed by atoms with E-state index < -0.39 is 11.9 Å². The van der Waals surface area contributed by atoms with Crippen molar-refractivity contribution in [3.63, 3.8) is 0 Å². The van der Waals surface area contributed by atoms with Gasteiger partial charge in [0.1, 0.15) is 5.75 Å². The van der Waals surface area contributed by atoms with Crippen LogP contribution in [0.4, 0.5) is 0 Å². The Morgan fingerprint density at radius 2 is 1.65 bits per heavy atom. The normalized spacial score (nSPS) is 14.4. The van der Waals surface area contributed by atoms with Gasteiger partial charge in [0, 0.05) is 5.56 Å². The van der Waals surface area contributed by atoms with E-state index in [1.165, 1.54) is 0 Å². The first-order valence-corrected chi connectivity index (χ1v) is 10.1. The molecule has 0 atom stereocenters. The van der Waals surface area contributed by atoms with E-state index in [0.717, 1.165) is 0 Å². The highest BCUT2D eigenvalue weighted by molar-refractivity contribution is 6.42. The predicted octanol–water partition coefficient (Wildman–Crippen LogP) is 6.21. The van der Waals surface area contributed by atoms with E-state index in [1.54, 1.807) is 72.8 Å². The van der Waals surface area contributed by atoms with E-state index >= 15 is 0 Å². The summed E-state index contributed by atoms with van der Waals surface area (Å²) in [4.78, 5) is 28.6. The summed E-state index contributed by atoms with van der Waals surface area (Å²) in [6.07, 6.45) is 1.56. The number of carbonyl (C=O) groups is 2. The molecule has 0 radical (unpaired) electrons. The Morgan fingerprint density at radius 1 is 0.903 bits per heavy atom. The number of halogens is 3. The number of hydrogen-bond acceptors (Lipinski definition) is 5. The third-order valence-corrected chi connectivity index (χ3v) is 5.34. The van der Waals surface area contributed by atoms with Gasteiger partial charge in [-0.15, -0.1) is 0 Å². The van der Waals surface area contributed by atoms with Gasteiger partial charge in [-0.1, -0.05) is 59.1 Å². The number of aliphatic imine (C=N–C) groups is 1. The minimum Gasteiger partial charge on any atom is -0.423 e. The minimum absolute atomic E-state index is 0.127. The second kappa shape index (κ2) is 8.94. The fourth-order valence-corrected chi connectivity index (χ4v) is 3.25. The van der Waals surface area contributed by atoms with E-state index in [2.05, 4.69) is 4.99 Å². The number of ether oxygens (including phenoxy) is 2. The van der Waals surface area contributed by atoms with Gasteiger partial charge in [-0.3, -0.25) is 0 Å². The van der Waals surface area contributed by atoms with Crippen molar-refractivity contribution < 1.29 is 19.1 Å². The van der Waals surface area contributed by atoms with E-state index in [0.29, 0.717) is 31.9 Å². The molecule has 1 aliphatic rings. The minimum atomic E-state index is -0.588. The van der Waals surface area contributed by atoms with Gasteiger partial charge in [-0.2, -0.15) is 0 Å². The lowest BCUT2D eigenvalue weighted by Crippen LogP contribution is -2.08. The molecule has 3 aromatic carbocycles. The van der Waals surface area contributed by atoms with Crippen molar-refractivity contribution in [3.05, 3.63) is 104 Å². The number of benzene rings is 3. The Hall–Kier alpha value is -3.12. The van der Waals surface area contributed by atoms with Crippen LogP contribution in [0.15, 0.2) is 77.4 Å². The van der Waals surface area contributed by atoms with Crippen LogP contribution in [0.1, 0.15) is 21.5 Å². The molecule has 0 aromatic heterocycles. The molecule has 0 aliphatic carbocycles. The molecule has 0 N–H and O–H groups in total. The standard InChI is InChI=1S/C23H12Cl3NO4/c24-17-4-2-1-3-16(17)22(28)30-15-8-5-13(6-9-15)11-20-23(29)31-21(27-20)14-7-10-18(25)19(26)12-14/h1-12H/b20-11-. The Bertz CT molecular complexity index is 1250. The van der Waals surface area contributed by atoms with Crippen molar-refractivity contribution >= 4 is 58.7 Å². The first kappa shape index (κ1) is 21.1. The third kappa shape index (κ3) is 4.80. The Balaban J connectivity index is 1.50. The molecule has 0 spiro atoms. The number of nitrogens with zero attached hydrogens (tertiary/aromatic N) is 1. The largest absolute Gasteiger partial charge is 0.423 e. The van der Waals surface area contributed by atoms with Crippen molar-refractivity contribution in [2.75, 3.05) is 0 Å². The van der Waals surface area contributed by atoms with Crippen LogP contribution in [-0.2, 0) is 9.53 Å². The fraction of sp³-hybridized carbons (Fsp3) is 0. The van der Waals surface area contributed by atoms with Crippen molar-refractivity contribution in [3.8, 4) is 5.75 Å². The zero-order chi connectivity index (χ0) is 22.0. The summed E-state index contributed by atoms with van der Waals surface area (Å²) in [5.41, 5.74) is 1.60. The van der Waals surface area contributed by atoms with Gasteiger partial charge in [0.15, 0.2) is 5.70 Å². The number of hydrogen-bond donors (Lipinski definition) is 0. The first-order valence-electron chi connectivity index (χ1n) is 8.95. The summed E-state index contributed by atoms with van der Waals surface area (Å²) in [6.45, 7) is 0. The summed E-state index contributed by atoms with van der Waals surface area (Å²) in [7, 11) is 0. The van der Waals surface area contributed by atoms with Crippen LogP contribution in [-0.4, -0.2) is 17.8 Å². The quantitative estimate of drug-likeness (QED) is 0.257. The third-order valence-electron chi connectivity index (χ3n) is 4.27. The summed E-state index contributed by atoms with van der Waals surface area (Å²) in [5, 5.41) is 1.03. The van der Waals surface area contributed by atoms with Crippen molar-refractivity contribution in [2.24, 2.45) is 4.99 Å². The van der Waals surface area contributed by atoms with E-state index in [9.17, 15) is 9.59 Å². The second-order valence-corrected chi connectivity index (χ2v) is 7.62. The van der Waals surface area contributed by atoms with Crippen LogP contribution in [0.5, 0.6) is 5.75 Å². The van der Waals surface area contributed by atoms with Crippen LogP contribution < -0.4 is 4.74 Å². The maximum Gasteiger partial charge on any atom is 0.363 e. The summed E-state index contributed by atoms with van der Waals surface area (Å²) in [6, 6.07) is 18.0. The van der Waals surface area contributed by atoms with Crippen molar-refractivity contribution in [1.29, 1.82) is 0 Å². The zero-order valence-electron chi connectivity index (χ0n) is 15.6. The van der Waals surface area contributed by atoms with Crippen LogP contribution >= 0.6 is 34.8 Å². The van der Waals surface area contributed by atoms with E-state index in [4.69, 9.17) is 44.3 Å². The molecule has 0 saturated heterocycles. The molecular weight excluding hydrogens is 461 g/mol. The zero-order valence-corrected chi connectivity index (χ0v) is 17.9. The van der Waals surface area contributed by atoms with Gasteiger partial charge in [0.2, 0.25) is 5.90 Å². The fourth-order valence-electron chi connectivity index (χ4n) is 2.74.